The molecule has 0 fully saturated rings. The highest BCUT2D eigenvalue weighted by Crippen LogP contribution is 2.41. The first-order valence-corrected chi connectivity index (χ1v) is 8.96. The maximum Gasteiger partial charge on any atom is -0.0184 e. The van der Waals surface area contributed by atoms with E-state index in [-0.39, 0.29) is 0 Å². The van der Waals surface area contributed by atoms with Crippen LogP contribution in [0.25, 0.3) is 16.7 Å². The minimum Gasteiger partial charge on any atom is -0.0802 e. The van der Waals surface area contributed by atoms with Crippen LogP contribution in [0.5, 0.6) is 0 Å². The Bertz CT molecular complexity index is 673. The smallest absolute Gasteiger partial charge is 0.0184 e. The molecule has 0 amide bonds. The second-order valence-electron chi connectivity index (χ2n) is 7.44. The Morgan fingerprint density at radius 2 is 1.43 bits per heavy atom. The SMILES string of the molecule is CCCC1(C)CC=C(c2ccc(-c3ccc(C)cc3)cc2)CC1. The molecule has 0 aromatic heterocycles. The van der Waals surface area contributed by atoms with Crippen molar-refractivity contribution < 1.29 is 0 Å². The molecule has 0 saturated carbocycles. The first-order valence-electron chi connectivity index (χ1n) is 8.96. The molecule has 1 aliphatic carbocycles. The van der Waals surface area contributed by atoms with E-state index in [1.807, 2.05) is 0 Å². The predicted octanol–water partition coefficient (Wildman–Crippen LogP) is 7.04. The van der Waals surface area contributed by atoms with Gasteiger partial charge < -0.3 is 0 Å². The van der Waals surface area contributed by atoms with E-state index in [2.05, 4.69) is 75.4 Å². The molecule has 0 radical (unpaired) electrons. The van der Waals surface area contributed by atoms with Gasteiger partial charge in [0.15, 0.2) is 0 Å². The lowest BCUT2D eigenvalue weighted by Crippen LogP contribution is -2.18. The van der Waals surface area contributed by atoms with Gasteiger partial charge in [0.1, 0.15) is 0 Å². The van der Waals surface area contributed by atoms with Gasteiger partial charge in [-0.1, -0.05) is 80.4 Å². The summed E-state index contributed by atoms with van der Waals surface area (Å²) >= 11 is 0. The van der Waals surface area contributed by atoms with Crippen LogP contribution in [-0.4, -0.2) is 0 Å². The van der Waals surface area contributed by atoms with Crippen LogP contribution in [-0.2, 0) is 0 Å². The summed E-state index contributed by atoms with van der Waals surface area (Å²) < 4.78 is 0. The lowest BCUT2D eigenvalue weighted by atomic mass is 9.73. The molecule has 1 atom stereocenters. The molecule has 2 aromatic rings. The van der Waals surface area contributed by atoms with Gasteiger partial charge in [-0.05, 0) is 60.3 Å². The van der Waals surface area contributed by atoms with E-state index in [9.17, 15) is 0 Å². The predicted molar refractivity (Wildman–Crippen MR) is 101 cm³/mol. The quantitative estimate of drug-likeness (QED) is 0.568. The highest BCUT2D eigenvalue weighted by Gasteiger charge is 2.26. The molecule has 1 aliphatic rings. The van der Waals surface area contributed by atoms with Crippen molar-refractivity contribution in [1.29, 1.82) is 0 Å². The molecule has 2 aromatic carbocycles. The fraction of sp³-hybridized carbons (Fsp3) is 0.391. The molecule has 0 nitrogen and oxygen atoms in total. The topological polar surface area (TPSA) is 0 Å². The van der Waals surface area contributed by atoms with Crippen molar-refractivity contribution in [1.82, 2.24) is 0 Å². The fourth-order valence-corrected chi connectivity index (χ4v) is 3.73. The lowest BCUT2D eigenvalue weighted by Gasteiger charge is -2.32. The Hall–Kier alpha value is -1.82. The van der Waals surface area contributed by atoms with E-state index in [4.69, 9.17) is 0 Å². The van der Waals surface area contributed by atoms with Gasteiger partial charge in [-0.3, -0.25) is 0 Å². The van der Waals surface area contributed by atoms with Crippen molar-refractivity contribution in [3.8, 4) is 11.1 Å². The average molecular weight is 304 g/mol. The van der Waals surface area contributed by atoms with Crippen molar-refractivity contribution in [2.45, 2.75) is 52.9 Å². The second kappa shape index (κ2) is 6.74. The fourth-order valence-electron chi connectivity index (χ4n) is 3.73. The molecule has 120 valence electrons. The summed E-state index contributed by atoms with van der Waals surface area (Å²) in [4.78, 5) is 0. The third kappa shape index (κ3) is 3.75. The molecule has 3 rings (SSSR count). The molecule has 0 N–H and O–H groups in total. The van der Waals surface area contributed by atoms with Crippen LogP contribution in [0.3, 0.4) is 0 Å². The van der Waals surface area contributed by atoms with Crippen LogP contribution in [0.15, 0.2) is 54.6 Å². The van der Waals surface area contributed by atoms with Gasteiger partial charge in [-0.2, -0.15) is 0 Å². The van der Waals surface area contributed by atoms with Gasteiger partial charge in [-0.15, -0.1) is 0 Å². The summed E-state index contributed by atoms with van der Waals surface area (Å²) in [5, 5.41) is 0. The normalized spacial score (nSPS) is 21.1. The Morgan fingerprint density at radius 1 is 0.870 bits per heavy atom. The Morgan fingerprint density at radius 3 is 1.96 bits per heavy atom. The van der Waals surface area contributed by atoms with Crippen molar-refractivity contribution in [2.24, 2.45) is 5.41 Å². The van der Waals surface area contributed by atoms with Crippen molar-refractivity contribution >= 4 is 5.57 Å². The third-order valence-corrected chi connectivity index (χ3v) is 5.33. The van der Waals surface area contributed by atoms with E-state index in [0.29, 0.717) is 5.41 Å². The minimum atomic E-state index is 0.528. The van der Waals surface area contributed by atoms with Gasteiger partial charge in [0.25, 0.3) is 0 Å². The Kier molecular flexibility index (Phi) is 4.71. The monoisotopic (exact) mass is 304 g/mol. The molecule has 1 unspecified atom stereocenters. The number of allylic oxidation sites excluding steroid dienone is 2. The molecule has 0 heterocycles. The van der Waals surface area contributed by atoms with Crippen molar-refractivity contribution in [3.05, 3.63) is 65.7 Å². The van der Waals surface area contributed by atoms with E-state index >= 15 is 0 Å². The summed E-state index contributed by atoms with van der Waals surface area (Å²) in [7, 11) is 0. The van der Waals surface area contributed by atoms with E-state index in [1.165, 1.54) is 59.9 Å². The zero-order valence-corrected chi connectivity index (χ0v) is 14.7. The first kappa shape index (κ1) is 16.1. The summed E-state index contributed by atoms with van der Waals surface area (Å²) in [6.07, 6.45) is 8.91. The van der Waals surface area contributed by atoms with Crippen LogP contribution in [0.4, 0.5) is 0 Å². The standard InChI is InChI=1S/C23H28/c1-4-15-23(3)16-13-22(14-17-23)21-11-9-20(10-12-21)19-7-5-18(2)6-8-19/h5-13H,4,14-17H2,1-3H3. The molecule has 0 aliphatic heterocycles. The van der Waals surface area contributed by atoms with Gasteiger partial charge in [0.05, 0.1) is 0 Å². The highest BCUT2D eigenvalue weighted by molar-refractivity contribution is 5.71. The van der Waals surface area contributed by atoms with Crippen LogP contribution in [0.1, 0.15) is 57.1 Å². The molecule has 0 saturated heterocycles. The van der Waals surface area contributed by atoms with Gasteiger partial charge in [0.2, 0.25) is 0 Å². The minimum absolute atomic E-state index is 0.528. The average Bonchev–Trinajstić information content (AvgIpc) is 2.57. The van der Waals surface area contributed by atoms with Crippen LogP contribution in [0.2, 0.25) is 0 Å². The van der Waals surface area contributed by atoms with E-state index in [0.717, 1.165) is 0 Å². The second-order valence-corrected chi connectivity index (χ2v) is 7.44. The summed E-state index contributed by atoms with van der Waals surface area (Å²) in [5.41, 5.74) is 7.39. The van der Waals surface area contributed by atoms with Crippen LogP contribution < -0.4 is 0 Å². The van der Waals surface area contributed by atoms with Gasteiger partial charge in [0, 0.05) is 0 Å². The summed E-state index contributed by atoms with van der Waals surface area (Å²) in [5.74, 6) is 0. The molecule has 0 spiro atoms. The molecular formula is C23H28. The first-order chi connectivity index (χ1) is 11.1. The van der Waals surface area contributed by atoms with Crippen LogP contribution >= 0.6 is 0 Å². The molecular weight excluding hydrogens is 276 g/mol. The highest BCUT2D eigenvalue weighted by atomic mass is 14.3. The van der Waals surface area contributed by atoms with Crippen LogP contribution in [0, 0.1) is 12.3 Å². The summed E-state index contributed by atoms with van der Waals surface area (Å²) in [6, 6.07) is 17.9. The maximum absolute atomic E-state index is 2.49. The van der Waals surface area contributed by atoms with Gasteiger partial charge >= 0.3 is 0 Å². The Balaban J connectivity index is 1.75. The molecule has 23 heavy (non-hydrogen) atoms. The lowest BCUT2D eigenvalue weighted by molar-refractivity contribution is 0.268. The number of hydrogen-bond donors (Lipinski definition) is 0. The van der Waals surface area contributed by atoms with Crippen molar-refractivity contribution in [3.63, 3.8) is 0 Å². The third-order valence-electron chi connectivity index (χ3n) is 5.33. The van der Waals surface area contributed by atoms with E-state index < -0.39 is 0 Å². The number of rotatable bonds is 4. The zero-order chi connectivity index (χ0) is 16.3. The Labute approximate surface area is 141 Å². The number of aryl methyl sites for hydroxylation is 1. The van der Waals surface area contributed by atoms with Gasteiger partial charge in [-0.25, -0.2) is 0 Å². The molecule has 0 bridgehead atoms. The summed E-state index contributed by atoms with van der Waals surface area (Å²) in [6.45, 7) is 6.88. The number of benzene rings is 2. The largest absolute Gasteiger partial charge is 0.0802 e. The zero-order valence-electron chi connectivity index (χ0n) is 14.7. The van der Waals surface area contributed by atoms with Crippen molar-refractivity contribution in [2.75, 3.05) is 0 Å². The van der Waals surface area contributed by atoms with E-state index in [1.54, 1.807) is 0 Å². The number of hydrogen-bond acceptors (Lipinski definition) is 0. The molecule has 0 heteroatoms. The maximum atomic E-state index is 2.49.